The fourth-order valence-electron chi connectivity index (χ4n) is 1.50. The largest absolute Gasteiger partial charge is 1.00 e. The summed E-state index contributed by atoms with van der Waals surface area (Å²) in [5.74, 6) is 0. The van der Waals surface area contributed by atoms with E-state index in [2.05, 4.69) is 11.7 Å². The monoisotopic (exact) mass is 261 g/mol. The molecule has 0 aromatic carbocycles. The normalized spacial score (nSPS) is 23.1. The first-order chi connectivity index (χ1) is 7.65. The Bertz CT molecular complexity index is 294. The Kier molecular flexibility index (Phi) is 7.61. The van der Waals surface area contributed by atoms with Gasteiger partial charge in [-0.05, 0) is 13.3 Å². The van der Waals surface area contributed by atoms with Crippen LogP contribution in [0.5, 0.6) is 0 Å². The average molecular weight is 262 g/mol. The van der Waals surface area contributed by atoms with Crippen LogP contribution in [0.25, 0.3) is 0 Å². The summed E-state index contributed by atoms with van der Waals surface area (Å²) in [6.07, 6.45) is 6.33. The Labute approximate surface area is 108 Å². The molecule has 0 aromatic heterocycles. The van der Waals surface area contributed by atoms with Gasteiger partial charge in [-0.3, -0.25) is 4.90 Å². The molecule has 0 bridgehead atoms. The quantitative estimate of drug-likeness (QED) is 0.176. The fourth-order valence-corrected chi connectivity index (χ4v) is 1.50. The lowest BCUT2D eigenvalue weighted by molar-refractivity contribution is -0.885. The Balaban J connectivity index is 0.00000256. The summed E-state index contributed by atoms with van der Waals surface area (Å²) in [7, 11) is 1.93. The maximum Gasteiger partial charge on any atom is 0.209 e. The van der Waals surface area contributed by atoms with Crippen LogP contribution in [0.2, 0.25) is 0 Å². The predicted molar refractivity (Wildman–Crippen MR) is 62.2 cm³/mol. The van der Waals surface area contributed by atoms with E-state index in [-0.39, 0.29) is 18.6 Å². The molecule has 1 aliphatic rings. The smallest absolute Gasteiger partial charge is 0.209 e. The molecule has 17 heavy (non-hydrogen) atoms. The lowest BCUT2D eigenvalue weighted by Gasteiger charge is -2.21. The second-order valence-corrected chi connectivity index (χ2v) is 4.03. The van der Waals surface area contributed by atoms with Crippen LogP contribution >= 0.6 is 0 Å². The van der Waals surface area contributed by atoms with Crippen LogP contribution < -0.4 is 17.3 Å². The van der Waals surface area contributed by atoms with E-state index in [1.165, 1.54) is 6.21 Å². The van der Waals surface area contributed by atoms with Gasteiger partial charge < -0.3 is 27.3 Å². The summed E-state index contributed by atoms with van der Waals surface area (Å²) >= 11 is 0. The summed E-state index contributed by atoms with van der Waals surface area (Å²) in [6.45, 7) is 7.04. The first-order valence-electron chi connectivity index (χ1n) is 5.30. The van der Waals surface area contributed by atoms with Crippen molar-refractivity contribution in [2.75, 3.05) is 20.4 Å². The van der Waals surface area contributed by atoms with Crippen molar-refractivity contribution in [3.63, 3.8) is 0 Å². The van der Waals surface area contributed by atoms with Crippen molar-refractivity contribution in [1.82, 2.24) is 4.90 Å². The Morgan fingerprint density at radius 3 is 3.00 bits per heavy atom. The Hall–Kier alpha value is -1.04. The summed E-state index contributed by atoms with van der Waals surface area (Å²) in [5, 5.41) is 11.6. The molecule has 0 saturated carbocycles. The topological polar surface area (TPSA) is 49.5 Å². The van der Waals surface area contributed by atoms with Gasteiger partial charge in [0.25, 0.3) is 0 Å². The number of ether oxygens (including phenoxy) is 1. The van der Waals surface area contributed by atoms with Crippen molar-refractivity contribution in [2.24, 2.45) is 5.16 Å². The molecule has 0 aromatic rings. The number of nitrogens with one attached hydrogen (secondary N) is 1. The van der Waals surface area contributed by atoms with E-state index in [1.807, 2.05) is 31.3 Å². The van der Waals surface area contributed by atoms with Crippen LogP contribution in [0.3, 0.4) is 0 Å². The van der Waals surface area contributed by atoms with Gasteiger partial charge in [0.05, 0.1) is 12.8 Å². The van der Waals surface area contributed by atoms with E-state index in [0.29, 0.717) is 13.3 Å². The highest BCUT2D eigenvalue weighted by atomic mass is 35.5. The molecular weight excluding hydrogens is 242 g/mol. The van der Waals surface area contributed by atoms with Crippen molar-refractivity contribution in [3.8, 4) is 0 Å². The van der Waals surface area contributed by atoms with Crippen molar-refractivity contribution in [2.45, 2.75) is 19.5 Å². The second kappa shape index (κ2) is 8.11. The van der Waals surface area contributed by atoms with Gasteiger partial charge in [0.1, 0.15) is 12.4 Å². The van der Waals surface area contributed by atoms with Crippen LogP contribution in [0.15, 0.2) is 29.7 Å². The van der Waals surface area contributed by atoms with Crippen LogP contribution in [-0.4, -0.2) is 42.9 Å². The molecule has 98 valence electrons. The fraction of sp³-hybridized carbons (Fsp3) is 0.545. The third-order valence-corrected chi connectivity index (χ3v) is 2.49. The van der Waals surface area contributed by atoms with Crippen LogP contribution in [0, 0.1) is 0 Å². The van der Waals surface area contributed by atoms with E-state index >= 15 is 0 Å². The lowest BCUT2D eigenvalue weighted by Crippen LogP contribution is -3.12. The highest BCUT2D eigenvalue weighted by Gasteiger charge is 2.27. The molecule has 0 amide bonds. The van der Waals surface area contributed by atoms with E-state index in [1.54, 1.807) is 0 Å². The van der Waals surface area contributed by atoms with Crippen molar-refractivity contribution < 1.29 is 27.3 Å². The van der Waals surface area contributed by atoms with Gasteiger partial charge >= 0.3 is 0 Å². The first kappa shape index (κ1) is 16.0. The van der Waals surface area contributed by atoms with Crippen molar-refractivity contribution >= 4 is 6.21 Å². The third-order valence-electron chi connectivity index (χ3n) is 2.49. The van der Waals surface area contributed by atoms with E-state index in [0.717, 1.165) is 16.9 Å². The van der Waals surface area contributed by atoms with Gasteiger partial charge in [0.2, 0.25) is 6.17 Å². The summed E-state index contributed by atoms with van der Waals surface area (Å²) in [6, 6.07) is 0. The molecule has 2 atom stereocenters. The highest BCUT2D eigenvalue weighted by molar-refractivity contribution is 5.61. The molecule has 0 spiro atoms. The van der Waals surface area contributed by atoms with Gasteiger partial charge in [-0.15, -0.1) is 6.58 Å². The van der Waals surface area contributed by atoms with E-state index in [9.17, 15) is 0 Å². The van der Waals surface area contributed by atoms with Crippen molar-refractivity contribution in [1.29, 1.82) is 0 Å². The van der Waals surface area contributed by atoms with Gasteiger partial charge in [0, 0.05) is 7.05 Å². The van der Waals surface area contributed by atoms with Crippen LogP contribution in [0.4, 0.5) is 0 Å². The maximum absolute atomic E-state index is 8.56. The van der Waals surface area contributed by atoms with Gasteiger partial charge in [-0.1, -0.05) is 10.7 Å². The molecule has 0 aliphatic carbocycles. The number of hydrogen-bond donors (Lipinski definition) is 2. The highest BCUT2D eigenvalue weighted by Crippen LogP contribution is 1.96. The van der Waals surface area contributed by atoms with Gasteiger partial charge in [-0.2, -0.15) is 0 Å². The standard InChI is InChI=1S/C11H19N3O2.ClH/c1-10(2)4-7-16-9-14-6-5-13(3)11(14)8-12-15;/h5-6,8,11,15H,1,4,7,9H2,2-3H3;1H/b12-8-;. The maximum atomic E-state index is 8.56. The molecule has 1 aliphatic heterocycles. The number of nitrogens with zero attached hydrogens (tertiary/aromatic N) is 2. The minimum Gasteiger partial charge on any atom is -1.00 e. The van der Waals surface area contributed by atoms with Crippen LogP contribution in [0.1, 0.15) is 13.3 Å². The molecule has 2 N–H and O–H groups in total. The zero-order valence-electron chi connectivity index (χ0n) is 10.3. The minimum absolute atomic E-state index is 0. The van der Waals surface area contributed by atoms with Crippen LogP contribution in [-0.2, 0) is 4.74 Å². The molecule has 2 unspecified atom stereocenters. The third kappa shape index (κ3) is 5.21. The number of quaternary nitrogens is 1. The number of hydrogen-bond acceptors (Lipinski definition) is 4. The molecule has 6 heteroatoms. The minimum atomic E-state index is 0. The molecule has 0 fully saturated rings. The van der Waals surface area contributed by atoms with Gasteiger partial charge in [0.15, 0.2) is 6.73 Å². The first-order valence-corrected chi connectivity index (χ1v) is 5.30. The summed E-state index contributed by atoms with van der Waals surface area (Å²) in [5.41, 5.74) is 1.12. The predicted octanol–water partition coefficient (Wildman–Crippen LogP) is -2.98. The summed E-state index contributed by atoms with van der Waals surface area (Å²) in [4.78, 5) is 3.07. The number of oxime groups is 1. The Morgan fingerprint density at radius 2 is 2.41 bits per heavy atom. The zero-order chi connectivity index (χ0) is 12.0. The lowest BCUT2D eigenvalue weighted by atomic mass is 10.3. The SMILES string of the molecule is C=C(C)CCOC[NH+]1C=CN(C)C1/C=N\O.[Cl-]. The molecule has 0 radical (unpaired) electrons. The molecular formula is C11H20ClN3O2. The van der Waals surface area contributed by atoms with Crippen molar-refractivity contribution in [3.05, 3.63) is 24.6 Å². The molecule has 0 saturated heterocycles. The number of halogens is 1. The summed E-state index contributed by atoms with van der Waals surface area (Å²) < 4.78 is 5.53. The van der Waals surface area contributed by atoms with Gasteiger partial charge in [-0.25, -0.2) is 0 Å². The zero-order valence-corrected chi connectivity index (χ0v) is 11.0. The van der Waals surface area contributed by atoms with E-state index < -0.39 is 0 Å². The Morgan fingerprint density at radius 1 is 1.71 bits per heavy atom. The average Bonchev–Trinajstić information content (AvgIpc) is 2.56. The number of rotatable bonds is 6. The molecule has 1 heterocycles. The van der Waals surface area contributed by atoms with E-state index in [4.69, 9.17) is 9.94 Å². The molecule has 1 rings (SSSR count). The second-order valence-electron chi connectivity index (χ2n) is 4.03. The molecule has 5 nitrogen and oxygen atoms in total.